The molecule has 2 aromatic rings. The van der Waals surface area contributed by atoms with Crippen molar-refractivity contribution in [3.05, 3.63) is 44.4 Å². The van der Waals surface area contributed by atoms with Crippen LogP contribution in [0.4, 0.5) is 13.2 Å². The number of amides is 1. The van der Waals surface area contributed by atoms with Crippen LogP contribution in [0.2, 0.25) is 15.2 Å². The van der Waals surface area contributed by atoms with E-state index in [1.807, 2.05) is 0 Å². The van der Waals surface area contributed by atoms with Crippen molar-refractivity contribution < 1.29 is 32.7 Å². The summed E-state index contributed by atoms with van der Waals surface area (Å²) in [6, 6.07) is -0.745. The molecule has 8 nitrogen and oxygen atoms in total. The molecule has 2 aromatic heterocycles. The molecule has 0 saturated heterocycles. The first-order valence-electron chi connectivity index (χ1n) is 12.1. The van der Waals surface area contributed by atoms with Crippen molar-refractivity contribution in [1.29, 1.82) is 0 Å². The zero-order chi connectivity index (χ0) is 29.5. The number of rotatable bonds is 7. The van der Waals surface area contributed by atoms with E-state index in [0.717, 1.165) is 22.0 Å². The maximum atomic E-state index is 14.4. The van der Waals surface area contributed by atoms with Crippen LogP contribution in [0.1, 0.15) is 85.8 Å². The number of carboxylic acid groups (broad SMARTS) is 1. The monoisotopic (exact) mass is 610 g/mol. The molecule has 1 fully saturated rings. The highest BCUT2D eigenvalue weighted by Gasteiger charge is 2.45. The van der Waals surface area contributed by atoms with Crippen LogP contribution in [0.5, 0.6) is 0 Å². The number of halogens is 6. The minimum absolute atomic E-state index is 0.0749. The Morgan fingerprint density at radius 1 is 1.13 bits per heavy atom. The van der Waals surface area contributed by atoms with Gasteiger partial charge >= 0.3 is 12.1 Å². The number of nitrogens with zero attached hydrogens (tertiary/aromatic N) is 4. The summed E-state index contributed by atoms with van der Waals surface area (Å²) < 4.78 is 43.9. The molecule has 0 aliphatic heterocycles. The molecular weight excluding hydrogens is 584 g/mol. The minimum atomic E-state index is -4.95. The summed E-state index contributed by atoms with van der Waals surface area (Å²) in [4.78, 5) is 43.1. The van der Waals surface area contributed by atoms with Gasteiger partial charge in [0.2, 0.25) is 0 Å². The summed E-state index contributed by atoms with van der Waals surface area (Å²) in [7, 11) is 0. The van der Waals surface area contributed by atoms with Crippen molar-refractivity contribution in [3.63, 3.8) is 0 Å². The molecule has 0 radical (unpaired) electrons. The molecule has 214 valence electrons. The van der Waals surface area contributed by atoms with E-state index in [4.69, 9.17) is 34.8 Å². The lowest BCUT2D eigenvalue weighted by Gasteiger charge is -2.34. The summed E-state index contributed by atoms with van der Waals surface area (Å²) in [6.07, 6.45) is -2.37. The first kappa shape index (κ1) is 31.2. The normalized spacial score (nSPS) is 20.1. The van der Waals surface area contributed by atoms with E-state index in [-0.39, 0.29) is 53.0 Å². The largest absolute Gasteiger partial charge is 0.481 e. The highest BCUT2D eigenvalue weighted by atomic mass is 35.5. The number of hydrogen-bond donors (Lipinski definition) is 1. The van der Waals surface area contributed by atoms with Gasteiger partial charge in [-0.3, -0.25) is 19.1 Å². The molecule has 1 aliphatic carbocycles. The number of carbonyl (C=O) groups is 3. The number of carboxylic acids is 1. The number of pyridine rings is 1. The average molecular weight is 612 g/mol. The van der Waals surface area contributed by atoms with Gasteiger partial charge in [0.15, 0.2) is 11.5 Å². The SMILES string of the molecule is CC(C)(C)CN(CC(=O)c1c(Cl)cnc(Cl)c1Cl)C(=O)c1cnn([C@H]2CC[C@](C)(C(=O)O)CC2)c1C(F)(F)F. The third kappa shape index (κ3) is 6.86. The van der Waals surface area contributed by atoms with Crippen LogP contribution in [-0.4, -0.2) is 55.5 Å². The topological polar surface area (TPSA) is 105 Å². The van der Waals surface area contributed by atoms with Gasteiger partial charge in [0.25, 0.3) is 5.91 Å². The van der Waals surface area contributed by atoms with E-state index in [0.29, 0.717) is 0 Å². The fraction of sp³-hybridized carbons (Fsp3) is 0.560. The Balaban J connectivity index is 2.00. The molecule has 1 aliphatic rings. The van der Waals surface area contributed by atoms with Crippen LogP contribution >= 0.6 is 34.8 Å². The Labute approximate surface area is 238 Å². The molecule has 3 rings (SSSR count). The van der Waals surface area contributed by atoms with Crippen LogP contribution in [0.3, 0.4) is 0 Å². The molecule has 14 heteroatoms. The molecular formula is C25H28Cl3F3N4O4. The van der Waals surface area contributed by atoms with Crippen molar-refractivity contribution in [1.82, 2.24) is 19.7 Å². The van der Waals surface area contributed by atoms with Gasteiger partial charge < -0.3 is 10.0 Å². The third-order valence-corrected chi connectivity index (χ3v) is 7.75. The molecule has 0 unspecified atom stereocenters. The summed E-state index contributed by atoms with van der Waals surface area (Å²) in [5.74, 6) is -2.78. The molecule has 0 spiro atoms. The Kier molecular flexibility index (Phi) is 8.99. The van der Waals surface area contributed by atoms with Crippen molar-refractivity contribution in [2.45, 2.75) is 65.6 Å². The molecule has 0 bridgehead atoms. The highest BCUT2D eigenvalue weighted by molar-refractivity contribution is 6.45. The lowest BCUT2D eigenvalue weighted by Crippen LogP contribution is -2.42. The van der Waals surface area contributed by atoms with Crippen molar-refractivity contribution in [2.75, 3.05) is 13.1 Å². The number of alkyl halides is 3. The molecule has 1 amide bonds. The fourth-order valence-electron chi connectivity index (χ4n) is 4.67. The molecule has 1 N–H and O–H groups in total. The van der Waals surface area contributed by atoms with Crippen molar-refractivity contribution in [2.24, 2.45) is 10.8 Å². The number of aliphatic carboxylic acids is 1. The van der Waals surface area contributed by atoms with E-state index >= 15 is 0 Å². The van der Waals surface area contributed by atoms with Crippen LogP contribution in [0, 0.1) is 10.8 Å². The van der Waals surface area contributed by atoms with E-state index < -0.39 is 58.5 Å². The van der Waals surface area contributed by atoms with Gasteiger partial charge in [-0.05, 0) is 38.0 Å². The Bertz CT molecular complexity index is 1280. The van der Waals surface area contributed by atoms with Gasteiger partial charge in [-0.1, -0.05) is 55.6 Å². The Morgan fingerprint density at radius 3 is 2.23 bits per heavy atom. The highest BCUT2D eigenvalue weighted by Crippen LogP contribution is 2.43. The average Bonchev–Trinajstić information content (AvgIpc) is 3.26. The zero-order valence-electron chi connectivity index (χ0n) is 21.7. The van der Waals surface area contributed by atoms with E-state index in [2.05, 4.69) is 10.1 Å². The maximum absolute atomic E-state index is 14.4. The number of ketones is 1. The number of hydrogen-bond acceptors (Lipinski definition) is 5. The van der Waals surface area contributed by atoms with E-state index in [9.17, 15) is 32.7 Å². The van der Waals surface area contributed by atoms with Gasteiger partial charge in [0, 0.05) is 12.7 Å². The zero-order valence-corrected chi connectivity index (χ0v) is 24.0. The first-order chi connectivity index (χ1) is 17.9. The Morgan fingerprint density at radius 2 is 1.72 bits per heavy atom. The second kappa shape index (κ2) is 11.2. The predicted octanol–water partition coefficient (Wildman–Crippen LogP) is 6.83. The minimum Gasteiger partial charge on any atom is -0.481 e. The number of aromatic nitrogens is 3. The molecule has 39 heavy (non-hydrogen) atoms. The lowest BCUT2D eigenvalue weighted by molar-refractivity contribution is -0.152. The van der Waals surface area contributed by atoms with Crippen molar-refractivity contribution >= 4 is 52.5 Å². The van der Waals surface area contributed by atoms with Crippen LogP contribution < -0.4 is 0 Å². The van der Waals surface area contributed by atoms with Crippen LogP contribution in [0.15, 0.2) is 12.4 Å². The quantitative estimate of drug-likeness (QED) is 0.272. The van der Waals surface area contributed by atoms with E-state index in [1.165, 1.54) is 0 Å². The second-order valence-corrected chi connectivity index (χ2v) is 12.3. The summed E-state index contributed by atoms with van der Waals surface area (Å²) in [5.41, 5.74) is -3.79. The summed E-state index contributed by atoms with van der Waals surface area (Å²) in [6.45, 7) is 6.14. The summed E-state index contributed by atoms with van der Waals surface area (Å²) in [5, 5.41) is 12.9. The lowest BCUT2D eigenvalue weighted by atomic mass is 9.74. The Hall–Kier alpha value is -2.37. The van der Waals surface area contributed by atoms with Crippen molar-refractivity contribution in [3.8, 4) is 0 Å². The number of carbonyl (C=O) groups excluding carboxylic acids is 2. The maximum Gasteiger partial charge on any atom is 0.433 e. The van der Waals surface area contributed by atoms with Gasteiger partial charge in [0.05, 0.1) is 45.4 Å². The molecule has 0 aromatic carbocycles. The molecule has 0 atom stereocenters. The van der Waals surface area contributed by atoms with Gasteiger partial charge in [0.1, 0.15) is 5.15 Å². The first-order valence-corrected chi connectivity index (χ1v) is 13.2. The third-order valence-electron chi connectivity index (χ3n) is 6.71. The van der Waals surface area contributed by atoms with Gasteiger partial charge in [-0.15, -0.1) is 0 Å². The van der Waals surface area contributed by atoms with Gasteiger partial charge in [-0.25, -0.2) is 4.98 Å². The smallest absolute Gasteiger partial charge is 0.433 e. The fourth-order valence-corrected chi connectivity index (χ4v) is 5.37. The standard InChI is InChI=1S/C25H28Cl3F3N4O4/c1-23(2,3)12-34(11-16(36)17-15(26)10-32-20(28)18(17)27)21(37)14-9-33-35(19(14)25(29,30)31)13-5-7-24(4,8-6-13)22(38)39/h9-10,13H,5-8,11-12H2,1-4H3,(H,38,39)/t13-,24-. The number of Topliss-reactive ketones (excluding diaryl/α,β-unsaturated/α-hetero) is 1. The molecule has 1 saturated carbocycles. The molecule has 2 heterocycles. The van der Waals surface area contributed by atoms with Crippen LogP contribution in [0.25, 0.3) is 0 Å². The van der Waals surface area contributed by atoms with Gasteiger partial charge in [-0.2, -0.15) is 18.3 Å². The van der Waals surface area contributed by atoms with E-state index in [1.54, 1.807) is 27.7 Å². The summed E-state index contributed by atoms with van der Waals surface area (Å²) >= 11 is 18.1. The van der Waals surface area contributed by atoms with Crippen LogP contribution in [-0.2, 0) is 11.0 Å². The predicted molar refractivity (Wildman–Crippen MR) is 139 cm³/mol. The second-order valence-electron chi connectivity index (χ2n) is 11.2.